The van der Waals surface area contributed by atoms with Gasteiger partial charge in [-0.05, 0) is 12.1 Å². The Balaban J connectivity index is 0.00000208. The highest BCUT2D eigenvalue weighted by atomic mass is 35.5. The molecular weight excluding hydrogens is 330 g/mol. The molecule has 0 saturated carbocycles. The Morgan fingerprint density at radius 3 is 2.50 bits per heavy atom. The second-order valence-electron chi connectivity index (χ2n) is 5.52. The maximum atomic E-state index is 11.3. The Bertz CT molecular complexity index is 641. The van der Waals surface area contributed by atoms with Crippen molar-refractivity contribution >= 4 is 24.1 Å². The maximum Gasteiger partial charge on any atom is 0.360 e. The van der Waals surface area contributed by atoms with E-state index in [9.17, 15) is 4.79 Å². The number of rotatable bonds is 5. The van der Waals surface area contributed by atoms with Crippen LogP contribution in [0.15, 0.2) is 36.5 Å². The molecule has 1 fully saturated rings. The number of methoxy groups -OCH3 is 1. The molecule has 7 nitrogen and oxygen atoms in total. The summed E-state index contributed by atoms with van der Waals surface area (Å²) in [5.74, 6) is -0.451. The number of piperazine rings is 1. The Labute approximate surface area is 147 Å². The van der Waals surface area contributed by atoms with Gasteiger partial charge in [0.15, 0.2) is 5.69 Å². The maximum absolute atomic E-state index is 11.3. The minimum Gasteiger partial charge on any atom is -0.464 e. The van der Waals surface area contributed by atoms with E-state index in [1.54, 1.807) is 10.9 Å². The summed E-state index contributed by atoms with van der Waals surface area (Å²) in [5, 5.41) is 7.77. The van der Waals surface area contributed by atoms with E-state index in [0.29, 0.717) is 0 Å². The Hall–Kier alpha value is -2.12. The van der Waals surface area contributed by atoms with Gasteiger partial charge < -0.3 is 9.64 Å². The van der Waals surface area contributed by atoms with Crippen LogP contribution in [0.3, 0.4) is 0 Å². The summed E-state index contributed by atoms with van der Waals surface area (Å²) < 4.78 is 6.32. The first kappa shape index (κ1) is 18.2. The van der Waals surface area contributed by atoms with E-state index in [1.165, 1.54) is 12.8 Å². The van der Waals surface area contributed by atoms with E-state index < -0.39 is 5.97 Å². The van der Waals surface area contributed by atoms with Gasteiger partial charge in [-0.3, -0.25) is 9.58 Å². The Morgan fingerprint density at radius 1 is 1.12 bits per heavy atom. The minimum absolute atomic E-state index is 0. The Morgan fingerprint density at radius 2 is 1.83 bits per heavy atom. The fraction of sp³-hybridized carbons (Fsp3) is 0.438. The fourth-order valence-electron chi connectivity index (χ4n) is 2.72. The molecule has 8 heteroatoms. The quantitative estimate of drug-likeness (QED) is 0.757. The van der Waals surface area contributed by atoms with Gasteiger partial charge in [0.1, 0.15) is 0 Å². The zero-order valence-electron chi connectivity index (χ0n) is 13.7. The average molecular weight is 352 g/mol. The van der Waals surface area contributed by atoms with Crippen molar-refractivity contribution in [2.24, 2.45) is 0 Å². The van der Waals surface area contributed by atoms with Crippen molar-refractivity contribution in [2.75, 3.05) is 44.7 Å². The van der Waals surface area contributed by atoms with Gasteiger partial charge in [-0.1, -0.05) is 23.4 Å². The smallest absolute Gasteiger partial charge is 0.360 e. The highest BCUT2D eigenvalue weighted by Gasteiger charge is 2.17. The van der Waals surface area contributed by atoms with Crippen LogP contribution in [0.5, 0.6) is 0 Å². The molecule has 1 aromatic heterocycles. The van der Waals surface area contributed by atoms with Crippen molar-refractivity contribution in [3.8, 4) is 0 Å². The van der Waals surface area contributed by atoms with Crippen LogP contribution < -0.4 is 4.90 Å². The van der Waals surface area contributed by atoms with Gasteiger partial charge >= 0.3 is 5.97 Å². The number of ether oxygens (including phenoxy) is 1. The molecule has 2 heterocycles. The van der Waals surface area contributed by atoms with Crippen LogP contribution in [0.4, 0.5) is 5.69 Å². The topological polar surface area (TPSA) is 63.5 Å². The van der Waals surface area contributed by atoms with Gasteiger partial charge in [0.2, 0.25) is 0 Å². The molecule has 3 rings (SSSR count). The third-order valence-corrected chi connectivity index (χ3v) is 4.07. The summed E-state index contributed by atoms with van der Waals surface area (Å²) in [6.07, 6.45) is 1.63. The molecule has 0 atom stereocenters. The SMILES string of the molecule is COC(=O)c1cn(CCN2CCN(c3ccccc3)CC2)nn1.Cl. The average Bonchev–Trinajstić information content (AvgIpc) is 3.09. The molecule has 0 N–H and O–H groups in total. The number of aromatic nitrogens is 3. The molecule has 2 aromatic rings. The van der Waals surface area contributed by atoms with Crippen LogP contribution in [0.2, 0.25) is 0 Å². The standard InChI is InChI=1S/C16H21N5O2.ClH/c1-23-16(22)15-13-21(18-17-15)12-9-19-7-10-20(11-8-19)14-5-3-2-4-6-14;/h2-6,13H,7-12H2,1H3;1H. The summed E-state index contributed by atoms with van der Waals surface area (Å²) in [6, 6.07) is 10.5. The van der Waals surface area contributed by atoms with Crippen LogP contribution >= 0.6 is 12.4 Å². The predicted octanol–water partition coefficient (Wildman–Crippen LogP) is 1.31. The normalized spacial score (nSPS) is 15.0. The molecule has 130 valence electrons. The number of hydrogen-bond donors (Lipinski definition) is 0. The number of carbonyl (C=O) groups excluding carboxylic acids is 1. The molecule has 0 unspecified atom stereocenters. The van der Waals surface area contributed by atoms with E-state index in [1.807, 2.05) is 6.07 Å². The van der Waals surface area contributed by atoms with Crippen LogP contribution in [-0.4, -0.2) is 65.7 Å². The van der Waals surface area contributed by atoms with E-state index in [0.717, 1.165) is 39.3 Å². The van der Waals surface area contributed by atoms with Gasteiger partial charge in [0.25, 0.3) is 0 Å². The second kappa shape index (κ2) is 8.65. The number of para-hydroxylation sites is 1. The zero-order valence-corrected chi connectivity index (χ0v) is 14.5. The first-order valence-corrected chi connectivity index (χ1v) is 7.77. The molecule has 0 bridgehead atoms. The van der Waals surface area contributed by atoms with Crippen molar-refractivity contribution < 1.29 is 9.53 Å². The van der Waals surface area contributed by atoms with Crippen molar-refractivity contribution in [1.82, 2.24) is 19.9 Å². The summed E-state index contributed by atoms with van der Waals surface area (Å²) in [5.41, 5.74) is 1.53. The van der Waals surface area contributed by atoms with E-state index in [4.69, 9.17) is 0 Å². The number of benzene rings is 1. The minimum atomic E-state index is -0.451. The van der Waals surface area contributed by atoms with Crippen molar-refractivity contribution in [3.05, 3.63) is 42.2 Å². The van der Waals surface area contributed by atoms with Crippen LogP contribution in [0, 0.1) is 0 Å². The molecule has 24 heavy (non-hydrogen) atoms. The highest BCUT2D eigenvalue weighted by Crippen LogP contribution is 2.15. The van der Waals surface area contributed by atoms with E-state index in [2.05, 4.69) is 49.1 Å². The predicted molar refractivity (Wildman–Crippen MR) is 93.7 cm³/mol. The third kappa shape index (κ3) is 4.46. The highest BCUT2D eigenvalue weighted by molar-refractivity contribution is 5.86. The van der Waals surface area contributed by atoms with Gasteiger partial charge in [0, 0.05) is 38.4 Å². The zero-order chi connectivity index (χ0) is 16.1. The van der Waals surface area contributed by atoms with Gasteiger partial charge in [-0.2, -0.15) is 0 Å². The van der Waals surface area contributed by atoms with E-state index in [-0.39, 0.29) is 18.1 Å². The summed E-state index contributed by atoms with van der Waals surface area (Å²) in [4.78, 5) is 16.2. The summed E-state index contributed by atoms with van der Waals surface area (Å²) >= 11 is 0. The lowest BCUT2D eigenvalue weighted by Crippen LogP contribution is -2.47. The third-order valence-electron chi connectivity index (χ3n) is 4.07. The van der Waals surface area contributed by atoms with Gasteiger partial charge in [-0.25, -0.2) is 4.79 Å². The fourth-order valence-corrected chi connectivity index (χ4v) is 2.72. The van der Waals surface area contributed by atoms with Crippen molar-refractivity contribution in [3.63, 3.8) is 0 Å². The Kier molecular flexibility index (Phi) is 6.57. The number of esters is 1. The first-order chi connectivity index (χ1) is 11.3. The summed E-state index contributed by atoms with van der Waals surface area (Å²) in [7, 11) is 1.34. The number of anilines is 1. The number of halogens is 1. The number of nitrogens with zero attached hydrogens (tertiary/aromatic N) is 5. The summed E-state index contributed by atoms with van der Waals surface area (Å²) in [6.45, 7) is 5.70. The molecule has 1 saturated heterocycles. The first-order valence-electron chi connectivity index (χ1n) is 7.77. The molecule has 1 aliphatic rings. The largest absolute Gasteiger partial charge is 0.464 e. The molecular formula is C16H22ClN5O2. The van der Waals surface area contributed by atoms with Crippen molar-refractivity contribution in [1.29, 1.82) is 0 Å². The van der Waals surface area contributed by atoms with E-state index >= 15 is 0 Å². The van der Waals surface area contributed by atoms with Gasteiger partial charge in [0.05, 0.1) is 19.9 Å². The lowest BCUT2D eigenvalue weighted by atomic mass is 10.2. The van der Waals surface area contributed by atoms with Crippen molar-refractivity contribution in [2.45, 2.75) is 6.54 Å². The van der Waals surface area contributed by atoms with Crippen LogP contribution in [0.25, 0.3) is 0 Å². The van der Waals surface area contributed by atoms with Gasteiger partial charge in [-0.15, -0.1) is 17.5 Å². The monoisotopic (exact) mass is 351 g/mol. The van der Waals surface area contributed by atoms with Crippen LogP contribution in [-0.2, 0) is 11.3 Å². The second-order valence-corrected chi connectivity index (χ2v) is 5.52. The molecule has 0 radical (unpaired) electrons. The number of carbonyl (C=O) groups is 1. The molecule has 1 aromatic carbocycles. The lowest BCUT2D eigenvalue weighted by molar-refractivity contribution is 0.0594. The molecule has 0 spiro atoms. The lowest BCUT2D eigenvalue weighted by Gasteiger charge is -2.36. The molecule has 0 aliphatic carbocycles. The molecule has 1 aliphatic heterocycles. The molecule has 0 amide bonds. The number of hydrogen-bond acceptors (Lipinski definition) is 6. The van der Waals surface area contributed by atoms with Crippen LogP contribution in [0.1, 0.15) is 10.5 Å².